The maximum atomic E-state index is 12.2. The lowest BCUT2D eigenvalue weighted by Crippen LogP contribution is -2.32. The summed E-state index contributed by atoms with van der Waals surface area (Å²) >= 11 is 0. The Balaban J connectivity index is 2.27. The van der Waals surface area contributed by atoms with Crippen molar-refractivity contribution in [2.45, 2.75) is 33.1 Å². The predicted octanol–water partition coefficient (Wildman–Crippen LogP) is 1.90. The lowest BCUT2D eigenvalue weighted by atomic mass is 9.92. The van der Waals surface area contributed by atoms with Gasteiger partial charge in [0.05, 0.1) is 11.1 Å². The summed E-state index contributed by atoms with van der Waals surface area (Å²) in [6.45, 7) is 3.73. The summed E-state index contributed by atoms with van der Waals surface area (Å²) in [5.74, 6) is -0.286. The summed E-state index contributed by atoms with van der Waals surface area (Å²) in [6.07, 6.45) is 1.67. The van der Waals surface area contributed by atoms with Crippen LogP contribution in [0.25, 0.3) is 0 Å². The summed E-state index contributed by atoms with van der Waals surface area (Å²) < 4.78 is 0. The van der Waals surface area contributed by atoms with Gasteiger partial charge in [-0.1, -0.05) is 26.0 Å². The Morgan fingerprint density at radius 2 is 2.05 bits per heavy atom. The average molecular weight is 261 g/mol. The van der Waals surface area contributed by atoms with Crippen LogP contribution in [0.4, 0.5) is 5.69 Å². The van der Waals surface area contributed by atoms with Gasteiger partial charge in [0.2, 0.25) is 11.8 Å². The molecule has 1 saturated heterocycles. The standard InChI is InChI=1S/C15H19NO3/c1-15(2)10-13(18)16(14(15)19)12-7-3-5-11(9-12)6-4-8-17/h3,5,7,9,17H,4,6,8,10H2,1-2H3. The fraction of sp³-hybridized carbons (Fsp3) is 0.467. The van der Waals surface area contributed by atoms with Crippen LogP contribution in [-0.2, 0) is 16.0 Å². The Kier molecular flexibility index (Phi) is 3.71. The Hall–Kier alpha value is -1.68. The molecule has 1 N–H and O–H groups in total. The summed E-state index contributed by atoms with van der Waals surface area (Å²) in [7, 11) is 0. The van der Waals surface area contributed by atoms with Crippen LogP contribution >= 0.6 is 0 Å². The van der Waals surface area contributed by atoms with Gasteiger partial charge in [-0.15, -0.1) is 0 Å². The van der Waals surface area contributed by atoms with Crippen molar-refractivity contribution in [1.29, 1.82) is 0 Å². The van der Waals surface area contributed by atoms with Crippen molar-refractivity contribution in [2.75, 3.05) is 11.5 Å². The zero-order chi connectivity index (χ0) is 14.0. The Labute approximate surface area is 113 Å². The van der Waals surface area contributed by atoms with E-state index in [1.54, 1.807) is 19.9 Å². The first kappa shape index (κ1) is 13.7. The predicted molar refractivity (Wildman–Crippen MR) is 72.7 cm³/mol. The van der Waals surface area contributed by atoms with E-state index in [2.05, 4.69) is 0 Å². The number of hydrogen-bond acceptors (Lipinski definition) is 3. The molecule has 0 bridgehead atoms. The highest BCUT2D eigenvalue weighted by molar-refractivity contribution is 6.22. The van der Waals surface area contributed by atoms with E-state index in [1.807, 2.05) is 18.2 Å². The van der Waals surface area contributed by atoms with E-state index in [0.29, 0.717) is 12.1 Å². The van der Waals surface area contributed by atoms with Gasteiger partial charge in [0, 0.05) is 13.0 Å². The fourth-order valence-electron chi connectivity index (χ4n) is 2.34. The lowest BCUT2D eigenvalue weighted by Gasteiger charge is -2.18. The summed E-state index contributed by atoms with van der Waals surface area (Å²) in [4.78, 5) is 25.5. The number of hydrogen-bond donors (Lipinski definition) is 1. The number of carbonyl (C=O) groups excluding carboxylic acids is 2. The highest BCUT2D eigenvalue weighted by atomic mass is 16.3. The number of aryl methyl sites for hydroxylation is 1. The maximum Gasteiger partial charge on any atom is 0.239 e. The molecular formula is C15H19NO3. The van der Waals surface area contributed by atoms with E-state index >= 15 is 0 Å². The van der Waals surface area contributed by atoms with Crippen LogP contribution in [0.15, 0.2) is 24.3 Å². The number of rotatable bonds is 4. The molecule has 0 aliphatic carbocycles. The van der Waals surface area contributed by atoms with Crippen molar-refractivity contribution >= 4 is 17.5 Å². The largest absolute Gasteiger partial charge is 0.396 e. The van der Waals surface area contributed by atoms with E-state index in [-0.39, 0.29) is 24.8 Å². The minimum atomic E-state index is -0.613. The van der Waals surface area contributed by atoms with E-state index < -0.39 is 5.41 Å². The first-order valence-electron chi connectivity index (χ1n) is 6.53. The van der Waals surface area contributed by atoms with Crippen LogP contribution in [-0.4, -0.2) is 23.5 Å². The third kappa shape index (κ3) is 2.68. The minimum absolute atomic E-state index is 0.138. The number of carbonyl (C=O) groups is 2. The number of anilines is 1. The zero-order valence-corrected chi connectivity index (χ0v) is 11.3. The quantitative estimate of drug-likeness (QED) is 0.842. The summed E-state index contributed by atoms with van der Waals surface area (Å²) in [6, 6.07) is 7.41. The number of aliphatic hydroxyl groups is 1. The van der Waals surface area contributed by atoms with Crippen LogP contribution in [0, 0.1) is 5.41 Å². The van der Waals surface area contributed by atoms with Crippen molar-refractivity contribution in [2.24, 2.45) is 5.41 Å². The van der Waals surface area contributed by atoms with Gasteiger partial charge in [-0.3, -0.25) is 14.5 Å². The van der Waals surface area contributed by atoms with Crippen molar-refractivity contribution in [3.63, 3.8) is 0 Å². The van der Waals surface area contributed by atoms with Crippen molar-refractivity contribution in [1.82, 2.24) is 0 Å². The van der Waals surface area contributed by atoms with Crippen molar-refractivity contribution in [3.8, 4) is 0 Å². The molecule has 0 saturated carbocycles. The molecule has 0 radical (unpaired) electrons. The molecule has 0 spiro atoms. The molecule has 1 heterocycles. The Morgan fingerprint density at radius 1 is 1.32 bits per heavy atom. The van der Waals surface area contributed by atoms with E-state index in [4.69, 9.17) is 5.11 Å². The number of benzene rings is 1. The molecule has 1 fully saturated rings. The van der Waals surface area contributed by atoms with E-state index in [1.165, 1.54) is 4.90 Å². The molecule has 0 atom stereocenters. The van der Waals surface area contributed by atoms with Gasteiger partial charge in [0.1, 0.15) is 0 Å². The van der Waals surface area contributed by atoms with Gasteiger partial charge in [0.25, 0.3) is 0 Å². The van der Waals surface area contributed by atoms with E-state index in [9.17, 15) is 9.59 Å². The van der Waals surface area contributed by atoms with E-state index in [0.717, 1.165) is 12.0 Å². The Morgan fingerprint density at radius 3 is 2.63 bits per heavy atom. The minimum Gasteiger partial charge on any atom is -0.396 e. The summed E-state index contributed by atoms with van der Waals surface area (Å²) in [5.41, 5.74) is 1.05. The summed E-state index contributed by atoms with van der Waals surface area (Å²) in [5, 5.41) is 8.84. The molecule has 1 aromatic carbocycles. The highest BCUT2D eigenvalue weighted by Crippen LogP contribution is 2.35. The first-order chi connectivity index (χ1) is 8.95. The van der Waals surface area contributed by atoms with Gasteiger partial charge in [0.15, 0.2) is 0 Å². The van der Waals surface area contributed by atoms with Crippen LogP contribution in [0.1, 0.15) is 32.3 Å². The molecule has 19 heavy (non-hydrogen) atoms. The molecule has 2 rings (SSSR count). The Bertz CT molecular complexity index is 508. The molecule has 4 heteroatoms. The smallest absolute Gasteiger partial charge is 0.239 e. The molecule has 102 valence electrons. The van der Waals surface area contributed by atoms with Gasteiger partial charge < -0.3 is 5.11 Å². The average Bonchev–Trinajstić information content (AvgIpc) is 2.56. The third-order valence-corrected chi connectivity index (χ3v) is 3.42. The second-order valence-corrected chi connectivity index (χ2v) is 5.59. The molecule has 0 unspecified atom stereocenters. The molecular weight excluding hydrogens is 242 g/mol. The molecule has 1 aliphatic heterocycles. The van der Waals surface area contributed by atoms with Crippen LogP contribution in [0.2, 0.25) is 0 Å². The van der Waals surface area contributed by atoms with Gasteiger partial charge >= 0.3 is 0 Å². The topological polar surface area (TPSA) is 57.6 Å². The van der Waals surface area contributed by atoms with Gasteiger partial charge in [-0.2, -0.15) is 0 Å². The molecule has 1 aromatic rings. The fourth-order valence-corrected chi connectivity index (χ4v) is 2.34. The molecule has 1 aliphatic rings. The number of imide groups is 1. The van der Waals surface area contributed by atoms with Crippen LogP contribution < -0.4 is 4.90 Å². The monoisotopic (exact) mass is 261 g/mol. The maximum absolute atomic E-state index is 12.2. The van der Waals surface area contributed by atoms with Crippen molar-refractivity contribution < 1.29 is 14.7 Å². The molecule has 2 amide bonds. The van der Waals surface area contributed by atoms with Crippen LogP contribution in [0.3, 0.4) is 0 Å². The SMILES string of the molecule is CC1(C)CC(=O)N(c2cccc(CCCO)c2)C1=O. The molecule has 0 aromatic heterocycles. The number of nitrogens with zero attached hydrogens (tertiary/aromatic N) is 1. The van der Waals surface area contributed by atoms with Gasteiger partial charge in [-0.25, -0.2) is 0 Å². The highest BCUT2D eigenvalue weighted by Gasteiger charge is 2.45. The normalized spacial score (nSPS) is 18.2. The third-order valence-electron chi connectivity index (χ3n) is 3.42. The second-order valence-electron chi connectivity index (χ2n) is 5.59. The van der Waals surface area contributed by atoms with Crippen molar-refractivity contribution in [3.05, 3.63) is 29.8 Å². The number of amides is 2. The first-order valence-corrected chi connectivity index (χ1v) is 6.53. The number of aliphatic hydroxyl groups excluding tert-OH is 1. The van der Waals surface area contributed by atoms with Gasteiger partial charge in [-0.05, 0) is 30.5 Å². The lowest BCUT2D eigenvalue weighted by molar-refractivity contribution is -0.124. The zero-order valence-electron chi connectivity index (χ0n) is 11.3. The molecule has 4 nitrogen and oxygen atoms in total. The van der Waals surface area contributed by atoms with Crippen LogP contribution in [0.5, 0.6) is 0 Å². The second kappa shape index (κ2) is 5.13.